The lowest BCUT2D eigenvalue weighted by atomic mass is 9.96. The smallest absolute Gasteiger partial charge is 0.478 e. The quantitative estimate of drug-likeness (QED) is 0.802. The molecule has 1 fully saturated rings. The Morgan fingerprint density at radius 2 is 1.96 bits per heavy atom. The average molecular weight is 354 g/mol. The van der Waals surface area contributed by atoms with E-state index >= 15 is 0 Å². The van der Waals surface area contributed by atoms with Gasteiger partial charge in [0.25, 0.3) is 0 Å². The van der Waals surface area contributed by atoms with Gasteiger partial charge in [0.05, 0.1) is 5.41 Å². The van der Waals surface area contributed by atoms with Gasteiger partial charge in [0.2, 0.25) is 5.89 Å². The fourth-order valence-corrected chi connectivity index (χ4v) is 2.51. The summed E-state index contributed by atoms with van der Waals surface area (Å²) in [6, 6.07) is 5.50. The van der Waals surface area contributed by atoms with Crippen molar-refractivity contribution < 1.29 is 32.3 Å². The summed E-state index contributed by atoms with van der Waals surface area (Å²) in [5, 5.41) is 12.6. The highest BCUT2D eigenvalue weighted by Gasteiger charge is 2.51. The molecule has 6 nitrogen and oxygen atoms in total. The van der Waals surface area contributed by atoms with E-state index in [-0.39, 0.29) is 23.6 Å². The van der Waals surface area contributed by atoms with Crippen molar-refractivity contribution in [3.8, 4) is 5.75 Å². The second-order valence-electron chi connectivity index (χ2n) is 5.76. The van der Waals surface area contributed by atoms with E-state index in [2.05, 4.69) is 21.5 Å². The van der Waals surface area contributed by atoms with Crippen molar-refractivity contribution in [2.24, 2.45) is 0 Å². The molecular formula is C16H13F3N2O4. The third-order valence-corrected chi connectivity index (χ3v) is 3.94. The Balaban J connectivity index is 1.77. The van der Waals surface area contributed by atoms with Crippen molar-refractivity contribution in [1.29, 1.82) is 0 Å². The van der Waals surface area contributed by atoms with Crippen molar-refractivity contribution in [3.05, 3.63) is 53.7 Å². The Morgan fingerprint density at radius 1 is 1.32 bits per heavy atom. The predicted molar refractivity (Wildman–Crippen MR) is 77.9 cm³/mol. The Morgan fingerprint density at radius 3 is 2.48 bits per heavy atom. The molecule has 1 aliphatic rings. The van der Waals surface area contributed by atoms with Gasteiger partial charge in [-0.3, -0.25) is 0 Å². The highest BCUT2D eigenvalue weighted by molar-refractivity contribution is 5.86. The summed E-state index contributed by atoms with van der Waals surface area (Å²) in [6.07, 6.45) is -3.39. The molecule has 2 aromatic rings. The second kappa shape index (κ2) is 5.91. The predicted octanol–water partition coefficient (Wildman–Crippen LogP) is 3.23. The summed E-state index contributed by atoms with van der Waals surface area (Å²) in [6.45, 7) is 3.41. The third kappa shape index (κ3) is 3.65. The second-order valence-corrected chi connectivity index (χ2v) is 5.76. The Hall–Kier alpha value is -2.84. The molecule has 25 heavy (non-hydrogen) atoms. The van der Waals surface area contributed by atoms with E-state index in [0.29, 0.717) is 18.7 Å². The van der Waals surface area contributed by atoms with E-state index in [0.717, 1.165) is 5.56 Å². The minimum atomic E-state index is -4.74. The van der Waals surface area contributed by atoms with Crippen LogP contribution in [0.5, 0.6) is 5.75 Å². The van der Waals surface area contributed by atoms with Gasteiger partial charge in [-0.1, -0.05) is 23.9 Å². The van der Waals surface area contributed by atoms with Crippen LogP contribution >= 0.6 is 0 Å². The van der Waals surface area contributed by atoms with Gasteiger partial charge in [-0.25, -0.2) is 4.79 Å². The zero-order chi connectivity index (χ0) is 18.2. The molecule has 9 heteroatoms. The molecule has 0 amide bonds. The third-order valence-electron chi connectivity index (χ3n) is 3.94. The van der Waals surface area contributed by atoms with Crippen LogP contribution in [0.15, 0.2) is 40.9 Å². The number of aromatic nitrogens is 2. The fraction of sp³-hybridized carbons (Fsp3) is 0.312. The van der Waals surface area contributed by atoms with Crippen LogP contribution in [-0.4, -0.2) is 27.6 Å². The Kier molecular flexibility index (Phi) is 4.02. The van der Waals surface area contributed by atoms with E-state index < -0.39 is 17.7 Å². The van der Waals surface area contributed by atoms with Crippen LogP contribution in [0.25, 0.3) is 0 Å². The van der Waals surface area contributed by atoms with Crippen LogP contribution in [0, 0.1) is 0 Å². The minimum absolute atomic E-state index is 0.0483. The maximum Gasteiger partial charge on any atom is 0.573 e. The topological polar surface area (TPSA) is 85.5 Å². The summed E-state index contributed by atoms with van der Waals surface area (Å²) >= 11 is 0. The molecule has 0 radical (unpaired) electrons. The van der Waals surface area contributed by atoms with Gasteiger partial charge in [-0.15, -0.1) is 13.2 Å². The minimum Gasteiger partial charge on any atom is -0.478 e. The van der Waals surface area contributed by atoms with Crippen molar-refractivity contribution in [2.45, 2.75) is 31.0 Å². The van der Waals surface area contributed by atoms with Crippen molar-refractivity contribution in [3.63, 3.8) is 0 Å². The number of nitrogens with zero attached hydrogens (tertiary/aromatic N) is 2. The van der Waals surface area contributed by atoms with Crippen LogP contribution in [0.4, 0.5) is 13.2 Å². The van der Waals surface area contributed by atoms with Crippen molar-refractivity contribution in [1.82, 2.24) is 10.1 Å². The molecule has 3 rings (SSSR count). The normalized spacial score (nSPS) is 15.6. The molecule has 0 bridgehead atoms. The molecule has 1 aliphatic carbocycles. The fourth-order valence-electron chi connectivity index (χ4n) is 2.51. The molecule has 0 spiro atoms. The van der Waals surface area contributed by atoms with Crippen LogP contribution in [-0.2, 0) is 16.6 Å². The van der Waals surface area contributed by atoms with E-state index in [1.165, 1.54) is 24.3 Å². The molecular weight excluding hydrogens is 341 g/mol. The summed E-state index contributed by atoms with van der Waals surface area (Å²) in [7, 11) is 0. The number of halogens is 3. The Bertz CT molecular complexity index is 808. The SMILES string of the molecule is C=C(Cc1noc(C2(c3ccc(OC(F)(F)F)cc3)CC2)n1)C(=O)O. The van der Waals surface area contributed by atoms with E-state index in [1.54, 1.807) is 0 Å². The molecule has 0 saturated heterocycles. The number of carboxylic acids is 1. The van der Waals surface area contributed by atoms with Crippen molar-refractivity contribution in [2.75, 3.05) is 0 Å². The molecule has 1 aromatic carbocycles. The largest absolute Gasteiger partial charge is 0.573 e. The first-order chi connectivity index (χ1) is 11.7. The van der Waals surface area contributed by atoms with Crippen LogP contribution in [0.2, 0.25) is 0 Å². The van der Waals surface area contributed by atoms with Gasteiger partial charge in [0.1, 0.15) is 5.75 Å². The molecule has 0 unspecified atom stereocenters. The number of alkyl halides is 3. The molecule has 1 N–H and O–H groups in total. The van der Waals surface area contributed by atoms with E-state index in [1.807, 2.05) is 0 Å². The van der Waals surface area contributed by atoms with Gasteiger partial charge in [0.15, 0.2) is 5.82 Å². The monoisotopic (exact) mass is 354 g/mol. The van der Waals surface area contributed by atoms with Crippen molar-refractivity contribution >= 4 is 5.97 Å². The van der Waals surface area contributed by atoms with E-state index in [9.17, 15) is 18.0 Å². The number of ether oxygens (including phenoxy) is 1. The zero-order valence-electron chi connectivity index (χ0n) is 12.8. The van der Waals surface area contributed by atoms with Gasteiger partial charge >= 0.3 is 12.3 Å². The van der Waals surface area contributed by atoms with Gasteiger partial charge in [-0.05, 0) is 30.5 Å². The molecule has 132 valence electrons. The molecule has 0 atom stereocenters. The lowest BCUT2D eigenvalue weighted by Gasteiger charge is -2.13. The van der Waals surface area contributed by atoms with Crippen LogP contribution in [0.3, 0.4) is 0 Å². The van der Waals surface area contributed by atoms with Crippen LogP contribution in [0.1, 0.15) is 30.1 Å². The zero-order valence-corrected chi connectivity index (χ0v) is 12.8. The number of aliphatic carboxylic acids is 1. The van der Waals surface area contributed by atoms with E-state index in [4.69, 9.17) is 9.63 Å². The first kappa shape index (κ1) is 17.0. The Labute approximate surface area is 139 Å². The first-order valence-electron chi connectivity index (χ1n) is 7.30. The highest BCUT2D eigenvalue weighted by Crippen LogP contribution is 2.53. The number of hydrogen-bond donors (Lipinski definition) is 1. The summed E-state index contributed by atoms with van der Waals surface area (Å²) in [5.41, 5.74) is 0.118. The summed E-state index contributed by atoms with van der Waals surface area (Å²) in [5.74, 6) is -0.945. The lowest BCUT2D eigenvalue weighted by Crippen LogP contribution is -2.17. The molecule has 1 aromatic heterocycles. The number of carbonyl (C=O) groups is 1. The molecule has 1 saturated carbocycles. The average Bonchev–Trinajstić information content (AvgIpc) is 3.20. The molecule has 0 aliphatic heterocycles. The lowest BCUT2D eigenvalue weighted by molar-refractivity contribution is -0.274. The summed E-state index contributed by atoms with van der Waals surface area (Å²) < 4.78 is 45.7. The number of rotatable bonds is 6. The maximum absolute atomic E-state index is 12.2. The highest BCUT2D eigenvalue weighted by atomic mass is 19.4. The van der Waals surface area contributed by atoms with Gasteiger partial charge < -0.3 is 14.4 Å². The number of benzene rings is 1. The first-order valence-corrected chi connectivity index (χ1v) is 7.30. The standard InChI is InChI=1S/C16H13F3N2O4/c1-9(13(22)23)8-12-20-14(25-21-12)15(6-7-15)10-2-4-11(5-3-10)24-16(17,18)19/h2-5H,1,6-8H2,(H,22,23). The van der Waals surface area contributed by atoms with Gasteiger partial charge in [-0.2, -0.15) is 4.98 Å². The molecule has 1 heterocycles. The van der Waals surface area contributed by atoms with Gasteiger partial charge in [0, 0.05) is 12.0 Å². The maximum atomic E-state index is 12.2. The summed E-state index contributed by atoms with van der Waals surface area (Å²) in [4.78, 5) is 15.0. The van der Waals surface area contributed by atoms with Crippen LogP contribution < -0.4 is 4.74 Å². The number of hydrogen-bond acceptors (Lipinski definition) is 5. The number of carboxylic acid groups (broad SMARTS) is 1.